The van der Waals surface area contributed by atoms with Gasteiger partial charge >= 0.3 is 0 Å². The number of carbonyl (C=O) groups is 1. The van der Waals surface area contributed by atoms with Crippen molar-refractivity contribution in [2.24, 2.45) is 0 Å². The summed E-state index contributed by atoms with van der Waals surface area (Å²) in [4.78, 5) is 19.6. The minimum absolute atomic E-state index is 0.0835. The van der Waals surface area contributed by atoms with Crippen molar-refractivity contribution in [1.29, 1.82) is 0 Å². The maximum absolute atomic E-state index is 14.4. The van der Waals surface area contributed by atoms with Crippen LogP contribution in [0.3, 0.4) is 0 Å². The van der Waals surface area contributed by atoms with E-state index in [4.69, 9.17) is 5.73 Å². The lowest BCUT2D eigenvalue weighted by molar-refractivity contribution is 0.0682. The van der Waals surface area contributed by atoms with E-state index in [0.29, 0.717) is 41.3 Å². The summed E-state index contributed by atoms with van der Waals surface area (Å²) in [6, 6.07) is 8.15. The van der Waals surface area contributed by atoms with Crippen molar-refractivity contribution in [2.75, 3.05) is 12.3 Å². The number of rotatable bonds is 7. The molecule has 0 aliphatic rings. The molecule has 0 saturated carbocycles. The molecule has 3 aromatic rings. The molecule has 1 unspecified atom stereocenters. The minimum atomic E-state index is -0.436. The Morgan fingerprint density at radius 1 is 1.24 bits per heavy atom. The van der Waals surface area contributed by atoms with Crippen LogP contribution in [0.4, 0.5) is 10.1 Å². The van der Waals surface area contributed by atoms with E-state index in [1.165, 1.54) is 6.07 Å². The molecule has 2 N–H and O–H groups in total. The Labute approximate surface area is 170 Å². The van der Waals surface area contributed by atoms with Gasteiger partial charge in [0.25, 0.3) is 5.91 Å². The SMILES string of the molecule is CCCN(C(=O)c1cc(CC)n2nc(-c3ccc(N)cc3F)cc2n1)C(C)CC. The number of nitrogen functional groups attached to an aromatic ring is 1. The van der Waals surface area contributed by atoms with Crippen LogP contribution in [0, 0.1) is 5.82 Å². The number of hydrogen-bond acceptors (Lipinski definition) is 4. The summed E-state index contributed by atoms with van der Waals surface area (Å²) in [5.41, 5.74) is 8.59. The molecule has 2 heterocycles. The third kappa shape index (κ3) is 4.09. The average molecular weight is 397 g/mol. The minimum Gasteiger partial charge on any atom is -0.399 e. The maximum atomic E-state index is 14.4. The normalized spacial score (nSPS) is 12.3. The molecule has 0 spiro atoms. The number of halogens is 1. The summed E-state index contributed by atoms with van der Waals surface area (Å²) < 4.78 is 16.0. The summed E-state index contributed by atoms with van der Waals surface area (Å²) in [7, 11) is 0. The first kappa shape index (κ1) is 20.8. The number of aromatic nitrogens is 3. The molecule has 3 rings (SSSR count). The molecule has 0 bridgehead atoms. The number of nitrogens with zero attached hydrogens (tertiary/aromatic N) is 4. The van der Waals surface area contributed by atoms with Crippen LogP contribution in [0.25, 0.3) is 16.9 Å². The molecule has 0 saturated heterocycles. The summed E-state index contributed by atoms with van der Waals surface area (Å²) in [6.45, 7) is 8.85. The summed E-state index contributed by atoms with van der Waals surface area (Å²) in [5, 5.41) is 4.53. The van der Waals surface area contributed by atoms with E-state index in [2.05, 4.69) is 23.9 Å². The molecule has 29 heavy (non-hydrogen) atoms. The molecular weight excluding hydrogens is 369 g/mol. The van der Waals surface area contributed by atoms with E-state index in [1.807, 2.05) is 18.7 Å². The van der Waals surface area contributed by atoms with Crippen LogP contribution >= 0.6 is 0 Å². The second-order valence-electron chi connectivity index (χ2n) is 7.28. The van der Waals surface area contributed by atoms with E-state index >= 15 is 0 Å². The number of amides is 1. The molecule has 0 aliphatic carbocycles. The molecule has 0 radical (unpaired) electrons. The van der Waals surface area contributed by atoms with Gasteiger partial charge in [-0.15, -0.1) is 0 Å². The van der Waals surface area contributed by atoms with E-state index < -0.39 is 5.82 Å². The third-order valence-corrected chi connectivity index (χ3v) is 5.20. The van der Waals surface area contributed by atoms with Gasteiger partial charge in [0, 0.05) is 35.6 Å². The first-order valence-electron chi connectivity index (χ1n) is 10.2. The van der Waals surface area contributed by atoms with Gasteiger partial charge in [0.15, 0.2) is 5.65 Å². The molecular formula is C22H28FN5O. The van der Waals surface area contributed by atoms with E-state index in [0.717, 1.165) is 18.5 Å². The van der Waals surface area contributed by atoms with E-state index in [9.17, 15) is 9.18 Å². The lowest BCUT2D eigenvalue weighted by Crippen LogP contribution is -2.39. The number of fused-ring (bicyclic) bond motifs is 1. The number of anilines is 1. The van der Waals surface area contributed by atoms with E-state index in [-0.39, 0.29) is 11.9 Å². The van der Waals surface area contributed by atoms with Crippen LogP contribution in [0.15, 0.2) is 30.3 Å². The fourth-order valence-electron chi connectivity index (χ4n) is 3.40. The Morgan fingerprint density at radius 2 is 2.00 bits per heavy atom. The Morgan fingerprint density at radius 3 is 2.62 bits per heavy atom. The number of hydrogen-bond donors (Lipinski definition) is 1. The van der Waals surface area contributed by atoms with E-state index in [1.54, 1.807) is 28.8 Å². The Balaban J connectivity index is 2.08. The highest BCUT2D eigenvalue weighted by Crippen LogP contribution is 2.25. The predicted molar refractivity (Wildman–Crippen MR) is 113 cm³/mol. The van der Waals surface area contributed by atoms with Crippen molar-refractivity contribution >= 4 is 17.2 Å². The molecule has 7 heteroatoms. The monoisotopic (exact) mass is 397 g/mol. The first-order chi connectivity index (χ1) is 13.9. The van der Waals surface area contributed by atoms with Gasteiger partial charge in [0.2, 0.25) is 0 Å². The highest BCUT2D eigenvalue weighted by molar-refractivity contribution is 5.93. The van der Waals surface area contributed by atoms with Gasteiger partial charge in [-0.1, -0.05) is 20.8 Å². The Kier molecular flexibility index (Phi) is 6.15. The summed E-state index contributed by atoms with van der Waals surface area (Å²) in [6.07, 6.45) is 2.43. The lowest BCUT2D eigenvalue weighted by Gasteiger charge is -2.28. The van der Waals surface area contributed by atoms with Gasteiger partial charge in [-0.25, -0.2) is 13.9 Å². The van der Waals surface area contributed by atoms with Crippen LogP contribution in [-0.4, -0.2) is 38.0 Å². The zero-order valence-corrected chi connectivity index (χ0v) is 17.4. The number of carbonyl (C=O) groups excluding carboxylic acids is 1. The standard InChI is InChI=1S/C22H28FN5O/c1-5-10-27(14(4)6-2)22(29)20-12-16(7-3)28-21(25-20)13-19(26-28)17-9-8-15(24)11-18(17)23/h8-9,11-14H,5-7,10,24H2,1-4H3. The molecule has 1 aromatic carbocycles. The van der Waals surface area contributed by atoms with Crippen LogP contribution in [0.5, 0.6) is 0 Å². The highest BCUT2D eigenvalue weighted by Gasteiger charge is 2.23. The molecule has 2 aromatic heterocycles. The van der Waals surface area contributed by atoms with Crippen molar-refractivity contribution in [3.05, 3.63) is 47.5 Å². The highest BCUT2D eigenvalue weighted by atomic mass is 19.1. The van der Waals surface area contributed by atoms with Crippen LogP contribution in [-0.2, 0) is 6.42 Å². The molecule has 154 valence electrons. The van der Waals surface area contributed by atoms with Crippen molar-refractivity contribution in [3.8, 4) is 11.3 Å². The quantitative estimate of drug-likeness (QED) is 0.602. The van der Waals surface area contributed by atoms with Gasteiger partial charge in [0.1, 0.15) is 11.5 Å². The number of aryl methyl sites for hydroxylation is 1. The Hall–Kier alpha value is -2.96. The zero-order valence-electron chi connectivity index (χ0n) is 17.4. The molecule has 1 atom stereocenters. The number of nitrogens with two attached hydrogens (primary N) is 1. The molecule has 6 nitrogen and oxygen atoms in total. The van der Waals surface area contributed by atoms with Crippen LogP contribution in [0.1, 0.15) is 56.7 Å². The molecule has 1 amide bonds. The van der Waals surface area contributed by atoms with Gasteiger partial charge in [-0.2, -0.15) is 5.10 Å². The second kappa shape index (κ2) is 8.59. The van der Waals surface area contributed by atoms with Crippen LogP contribution in [0.2, 0.25) is 0 Å². The first-order valence-corrected chi connectivity index (χ1v) is 10.2. The zero-order chi connectivity index (χ0) is 21.1. The van der Waals surface area contributed by atoms with Gasteiger partial charge in [-0.3, -0.25) is 4.79 Å². The van der Waals surface area contributed by atoms with Gasteiger partial charge in [-0.05, 0) is 50.5 Å². The molecule has 0 aliphatic heterocycles. The summed E-state index contributed by atoms with van der Waals surface area (Å²) in [5.74, 6) is -0.520. The predicted octanol–water partition coefficient (Wildman–Crippen LogP) is 4.33. The van der Waals surface area contributed by atoms with Crippen molar-refractivity contribution in [3.63, 3.8) is 0 Å². The summed E-state index contributed by atoms with van der Waals surface area (Å²) >= 11 is 0. The smallest absolute Gasteiger partial charge is 0.272 e. The molecule has 0 fully saturated rings. The maximum Gasteiger partial charge on any atom is 0.272 e. The van der Waals surface area contributed by atoms with Crippen molar-refractivity contribution in [1.82, 2.24) is 19.5 Å². The van der Waals surface area contributed by atoms with Gasteiger partial charge < -0.3 is 10.6 Å². The number of benzene rings is 1. The van der Waals surface area contributed by atoms with Crippen LogP contribution < -0.4 is 5.73 Å². The second-order valence-corrected chi connectivity index (χ2v) is 7.28. The fraction of sp³-hybridized carbons (Fsp3) is 0.409. The van der Waals surface area contributed by atoms with Crippen molar-refractivity contribution in [2.45, 2.75) is 53.0 Å². The Bertz CT molecular complexity index is 1030. The topological polar surface area (TPSA) is 76.5 Å². The van der Waals surface area contributed by atoms with Crippen molar-refractivity contribution < 1.29 is 9.18 Å². The van der Waals surface area contributed by atoms with Gasteiger partial charge in [0.05, 0.1) is 5.69 Å². The lowest BCUT2D eigenvalue weighted by atomic mass is 10.1. The average Bonchev–Trinajstić information content (AvgIpc) is 3.13. The largest absolute Gasteiger partial charge is 0.399 e. The fourth-order valence-corrected chi connectivity index (χ4v) is 3.40. The third-order valence-electron chi connectivity index (χ3n) is 5.20.